The van der Waals surface area contributed by atoms with Crippen molar-refractivity contribution in [2.45, 2.75) is 19.8 Å². The van der Waals surface area contributed by atoms with Crippen molar-refractivity contribution in [2.75, 3.05) is 0 Å². The minimum atomic E-state index is 0.394. The lowest BCUT2D eigenvalue weighted by Gasteiger charge is -2.08. The van der Waals surface area contributed by atoms with Gasteiger partial charge in [0.15, 0.2) is 0 Å². The van der Waals surface area contributed by atoms with E-state index in [0.29, 0.717) is 10.9 Å². The molecule has 0 spiro atoms. The van der Waals surface area contributed by atoms with Crippen LogP contribution in [-0.2, 0) is 0 Å². The molecule has 70 valence electrons. The van der Waals surface area contributed by atoms with E-state index in [0.717, 1.165) is 11.1 Å². The van der Waals surface area contributed by atoms with Gasteiger partial charge in [0.1, 0.15) is 0 Å². The fraction of sp³-hybridized carbons (Fsp3) is 0.300. The Morgan fingerprint density at radius 1 is 1.46 bits per heavy atom. The van der Waals surface area contributed by atoms with E-state index in [2.05, 4.69) is 19.0 Å². The zero-order valence-corrected chi connectivity index (χ0v) is 8.42. The molecule has 1 rings (SSSR count). The zero-order chi connectivity index (χ0) is 9.84. The molecule has 0 amide bonds. The third kappa shape index (κ3) is 2.46. The maximum absolute atomic E-state index is 8.44. The molecule has 0 aromatic heterocycles. The van der Waals surface area contributed by atoms with Crippen molar-refractivity contribution in [3.8, 4) is 0 Å². The maximum Gasteiger partial charge on any atom is 0.0737 e. The molecule has 0 aliphatic heterocycles. The van der Waals surface area contributed by atoms with Crippen LogP contribution in [0.2, 0.25) is 5.02 Å². The molecular formula is C10H12ClNO. The van der Waals surface area contributed by atoms with Crippen LogP contribution in [-0.4, -0.2) is 11.4 Å². The predicted octanol–water partition coefficient (Wildman–Crippen LogP) is 3.27. The Kier molecular flexibility index (Phi) is 3.32. The summed E-state index contributed by atoms with van der Waals surface area (Å²) in [4.78, 5) is 0. The highest BCUT2D eigenvalue weighted by molar-refractivity contribution is 6.30. The molecule has 13 heavy (non-hydrogen) atoms. The molecule has 0 atom stereocenters. The zero-order valence-electron chi connectivity index (χ0n) is 7.66. The molecule has 0 aliphatic carbocycles. The molecule has 0 bridgehead atoms. The van der Waals surface area contributed by atoms with Gasteiger partial charge in [0.2, 0.25) is 0 Å². The largest absolute Gasteiger partial charge is 0.411 e. The Bertz CT molecular complexity index is 321. The standard InChI is InChI=1S/C10H12ClNO/c1-7(2)10-4-3-9(11)5-8(10)6-12-13/h3-7,13H,1-2H3. The van der Waals surface area contributed by atoms with Crippen LogP contribution in [0.4, 0.5) is 0 Å². The second-order valence-electron chi connectivity index (χ2n) is 3.17. The van der Waals surface area contributed by atoms with Crippen LogP contribution in [0.3, 0.4) is 0 Å². The van der Waals surface area contributed by atoms with Crippen LogP contribution in [0.25, 0.3) is 0 Å². The molecule has 0 saturated heterocycles. The van der Waals surface area contributed by atoms with E-state index in [1.54, 1.807) is 6.07 Å². The minimum Gasteiger partial charge on any atom is -0.411 e. The fourth-order valence-electron chi connectivity index (χ4n) is 1.25. The first-order valence-electron chi connectivity index (χ1n) is 4.12. The molecule has 0 heterocycles. The number of rotatable bonds is 2. The summed E-state index contributed by atoms with van der Waals surface area (Å²) in [6.45, 7) is 4.16. The Hall–Kier alpha value is -1.02. The fourth-order valence-corrected chi connectivity index (χ4v) is 1.43. The van der Waals surface area contributed by atoms with Gasteiger partial charge in [0.05, 0.1) is 6.21 Å². The summed E-state index contributed by atoms with van der Waals surface area (Å²) in [5.74, 6) is 0.394. The van der Waals surface area contributed by atoms with Gasteiger partial charge in [-0.1, -0.05) is 36.7 Å². The highest BCUT2D eigenvalue weighted by atomic mass is 35.5. The second-order valence-corrected chi connectivity index (χ2v) is 3.61. The first-order valence-corrected chi connectivity index (χ1v) is 4.50. The molecule has 1 aromatic carbocycles. The van der Waals surface area contributed by atoms with Crippen LogP contribution in [0, 0.1) is 0 Å². The van der Waals surface area contributed by atoms with Gasteiger partial charge in [-0.3, -0.25) is 0 Å². The number of oxime groups is 1. The van der Waals surface area contributed by atoms with Gasteiger partial charge in [0.25, 0.3) is 0 Å². The van der Waals surface area contributed by atoms with Crippen LogP contribution >= 0.6 is 11.6 Å². The van der Waals surface area contributed by atoms with E-state index < -0.39 is 0 Å². The number of hydrogen-bond donors (Lipinski definition) is 1. The van der Waals surface area contributed by atoms with Crippen LogP contribution in [0.1, 0.15) is 30.9 Å². The molecular weight excluding hydrogens is 186 g/mol. The van der Waals surface area contributed by atoms with Gasteiger partial charge in [0, 0.05) is 10.6 Å². The van der Waals surface area contributed by atoms with Crippen molar-refractivity contribution in [1.29, 1.82) is 0 Å². The molecule has 0 aliphatic rings. The summed E-state index contributed by atoms with van der Waals surface area (Å²) in [5.41, 5.74) is 1.99. The molecule has 1 aromatic rings. The normalized spacial score (nSPS) is 11.4. The average Bonchev–Trinajstić information content (AvgIpc) is 2.04. The minimum absolute atomic E-state index is 0.394. The van der Waals surface area contributed by atoms with Gasteiger partial charge < -0.3 is 5.21 Å². The highest BCUT2D eigenvalue weighted by Gasteiger charge is 2.05. The van der Waals surface area contributed by atoms with Crippen molar-refractivity contribution >= 4 is 17.8 Å². The SMILES string of the molecule is CC(C)c1ccc(Cl)cc1C=NO. The van der Waals surface area contributed by atoms with Crippen LogP contribution in [0.15, 0.2) is 23.4 Å². The first kappa shape index (κ1) is 10.1. The Balaban J connectivity index is 3.18. The summed E-state index contributed by atoms with van der Waals surface area (Å²) < 4.78 is 0. The monoisotopic (exact) mass is 197 g/mol. The molecule has 2 nitrogen and oxygen atoms in total. The lowest BCUT2D eigenvalue weighted by atomic mass is 9.98. The van der Waals surface area contributed by atoms with Gasteiger partial charge in [-0.25, -0.2) is 0 Å². The smallest absolute Gasteiger partial charge is 0.0737 e. The number of hydrogen-bond acceptors (Lipinski definition) is 2. The van der Waals surface area contributed by atoms with Gasteiger partial charge >= 0.3 is 0 Å². The molecule has 0 radical (unpaired) electrons. The van der Waals surface area contributed by atoms with Crippen molar-refractivity contribution in [3.05, 3.63) is 34.3 Å². The van der Waals surface area contributed by atoms with Crippen molar-refractivity contribution < 1.29 is 5.21 Å². The quantitative estimate of drug-likeness (QED) is 0.441. The first-order chi connectivity index (χ1) is 6.15. The Morgan fingerprint density at radius 3 is 2.69 bits per heavy atom. The predicted molar refractivity (Wildman–Crippen MR) is 54.9 cm³/mol. The summed E-state index contributed by atoms with van der Waals surface area (Å²) in [6.07, 6.45) is 1.40. The highest BCUT2D eigenvalue weighted by Crippen LogP contribution is 2.21. The summed E-state index contributed by atoms with van der Waals surface area (Å²) in [6, 6.07) is 5.58. The number of halogens is 1. The van der Waals surface area contributed by atoms with E-state index in [1.165, 1.54) is 6.21 Å². The average molecular weight is 198 g/mol. The lowest BCUT2D eigenvalue weighted by molar-refractivity contribution is 0.322. The van der Waals surface area contributed by atoms with Gasteiger partial charge in [-0.15, -0.1) is 0 Å². The molecule has 0 saturated carbocycles. The Labute approximate surface area is 82.8 Å². The topological polar surface area (TPSA) is 32.6 Å². The summed E-state index contributed by atoms with van der Waals surface area (Å²) in [5, 5.41) is 12.1. The van der Waals surface area contributed by atoms with Gasteiger partial charge in [-0.2, -0.15) is 0 Å². The van der Waals surface area contributed by atoms with E-state index in [9.17, 15) is 0 Å². The third-order valence-electron chi connectivity index (χ3n) is 1.87. The van der Waals surface area contributed by atoms with Crippen molar-refractivity contribution in [2.24, 2.45) is 5.16 Å². The molecule has 1 N–H and O–H groups in total. The molecule has 3 heteroatoms. The summed E-state index contributed by atoms with van der Waals surface area (Å²) >= 11 is 5.81. The van der Waals surface area contributed by atoms with Crippen molar-refractivity contribution in [1.82, 2.24) is 0 Å². The van der Waals surface area contributed by atoms with Gasteiger partial charge in [-0.05, 0) is 23.6 Å². The maximum atomic E-state index is 8.44. The molecule has 0 fully saturated rings. The Morgan fingerprint density at radius 2 is 2.15 bits per heavy atom. The third-order valence-corrected chi connectivity index (χ3v) is 2.10. The van der Waals surface area contributed by atoms with Crippen LogP contribution < -0.4 is 0 Å². The van der Waals surface area contributed by atoms with Crippen LogP contribution in [0.5, 0.6) is 0 Å². The lowest BCUT2D eigenvalue weighted by Crippen LogP contribution is -1.95. The van der Waals surface area contributed by atoms with Crippen molar-refractivity contribution in [3.63, 3.8) is 0 Å². The van der Waals surface area contributed by atoms with E-state index in [4.69, 9.17) is 16.8 Å². The summed E-state index contributed by atoms with van der Waals surface area (Å²) in [7, 11) is 0. The van der Waals surface area contributed by atoms with E-state index >= 15 is 0 Å². The molecule has 0 unspecified atom stereocenters. The number of nitrogens with zero attached hydrogens (tertiary/aromatic N) is 1. The number of benzene rings is 1. The second kappa shape index (κ2) is 4.28. The van der Waals surface area contributed by atoms with E-state index in [1.807, 2.05) is 12.1 Å². The van der Waals surface area contributed by atoms with E-state index in [-0.39, 0.29) is 0 Å².